The summed E-state index contributed by atoms with van der Waals surface area (Å²) in [6.45, 7) is 1.83. The van der Waals surface area contributed by atoms with E-state index in [1.165, 1.54) is 17.8 Å². The number of nitrogens with one attached hydrogen (secondary N) is 2. The second-order valence-corrected chi connectivity index (χ2v) is 9.26. The number of amides is 4. The van der Waals surface area contributed by atoms with Crippen LogP contribution in [0.15, 0.2) is 53.4 Å². The Morgan fingerprint density at radius 3 is 2.50 bits per heavy atom. The van der Waals surface area contributed by atoms with Gasteiger partial charge in [-0.2, -0.15) is 4.28 Å². The molecule has 2 aromatic rings. The van der Waals surface area contributed by atoms with Crippen molar-refractivity contribution in [2.24, 2.45) is 0 Å². The number of hydroxylamine groups is 2. The molecule has 1 aliphatic rings. The molecule has 0 aromatic heterocycles. The minimum atomic E-state index is -0.841. The van der Waals surface area contributed by atoms with Gasteiger partial charge in [0.15, 0.2) is 0 Å². The van der Waals surface area contributed by atoms with E-state index in [0.29, 0.717) is 17.1 Å². The molecule has 0 spiro atoms. The van der Waals surface area contributed by atoms with Gasteiger partial charge in [0.05, 0.1) is 0 Å². The number of rotatable bonds is 11. The third kappa shape index (κ3) is 6.99. The summed E-state index contributed by atoms with van der Waals surface area (Å²) in [6, 6.07) is 13.3. The molecule has 3 N–H and O–H groups in total. The van der Waals surface area contributed by atoms with Crippen LogP contribution in [0.4, 0.5) is 0 Å². The van der Waals surface area contributed by atoms with E-state index in [1.807, 2.05) is 30.3 Å². The van der Waals surface area contributed by atoms with Crippen molar-refractivity contribution < 1.29 is 28.6 Å². The van der Waals surface area contributed by atoms with E-state index in [-0.39, 0.29) is 48.4 Å². The predicted octanol–water partition coefficient (Wildman–Crippen LogP) is 2.44. The predicted molar refractivity (Wildman–Crippen MR) is 129 cm³/mol. The Labute approximate surface area is 205 Å². The van der Waals surface area contributed by atoms with Crippen LogP contribution in [0.1, 0.15) is 28.8 Å². The van der Waals surface area contributed by atoms with Crippen molar-refractivity contribution in [2.45, 2.75) is 30.7 Å². The Kier molecular flexibility index (Phi) is 9.37. The maximum absolute atomic E-state index is 12.8. The van der Waals surface area contributed by atoms with Gasteiger partial charge in [-0.05, 0) is 31.2 Å². The molecule has 2 aromatic carbocycles. The monoisotopic (exact) mass is 503 g/mol. The molecule has 4 amide bonds. The van der Waals surface area contributed by atoms with Crippen LogP contribution in [0.25, 0.3) is 0 Å². The standard InChI is InChI=1S/C23H25N3O6S2/c1-15-17(8-5-9-19(15)27)22(30)25-18(14-33-16-6-3-2-4-7-16)23(31)24-12-13-34-32-26-20(28)10-11-21(26)29/h2-9,18,27H,10-14H2,1H3,(H,24,31)(H,25,30)/t18-/m0/s1. The molecule has 0 saturated carbocycles. The van der Waals surface area contributed by atoms with Crippen molar-refractivity contribution in [3.63, 3.8) is 0 Å². The van der Waals surface area contributed by atoms with Crippen molar-refractivity contribution in [3.05, 3.63) is 59.7 Å². The third-order valence-electron chi connectivity index (χ3n) is 4.95. The van der Waals surface area contributed by atoms with E-state index >= 15 is 0 Å². The molecule has 0 unspecified atom stereocenters. The number of phenolic OH excluding ortho intramolecular Hbond substituents is 1. The number of carbonyl (C=O) groups excluding carboxylic acids is 4. The van der Waals surface area contributed by atoms with E-state index in [9.17, 15) is 24.3 Å². The van der Waals surface area contributed by atoms with Gasteiger partial charge in [0.1, 0.15) is 11.8 Å². The number of aromatic hydroxyl groups is 1. The topological polar surface area (TPSA) is 125 Å². The van der Waals surface area contributed by atoms with E-state index < -0.39 is 11.9 Å². The first-order chi connectivity index (χ1) is 16.4. The van der Waals surface area contributed by atoms with Crippen LogP contribution >= 0.6 is 23.8 Å². The van der Waals surface area contributed by atoms with Gasteiger partial charge < -0.3 is 15.7 Å². The van der Waals surface area contributed by atoms with E-state index in [0.717, 1.165) is 22.0 Å². The molecule has 1 atom stereocenters. The highest BCUT2D eigenvalue weighted by atomic mass is 32.2. The number of hydrogen-bond acceptors (Lipinski definition) is 8. The Hall–Kier alpha value is -3.02. The summed E-state index contributed by atoms with van der Waals surface area (Å²) >= 11 is 2.31. The van der Waals surface area contributed by atoms with Crippen LogP contribution < -0.4 is 10.6 Å². The molecular weight excluding hydrogens is 478 g/mol. The third-order valence-corrected chi connectivity index (χ3v) is 6.68. The lowest BCUT2D eigenvalue weighted by atomic mass is 10.1. The van der Waals surface area contributed by atoms with Gasteiger partial charge in [0.2, 0.25) is 5.91 Å². The Morgan fingerprint density at radius 1 is 1.09 bits per heavy atom. The van der Waals surface area contributed by atoms with Crippen LogP contribution in [0.3, 0.4) is 0 Å². The van der Waals surface area contributed by atoms with Gasteiger partial charge in [-0.3, -0.25) is 19.2 Å². The summed E-state index contributed by atoms with van der Waals surface area (Å²) < 4.78 is 5.12. The summed E-state index contributed by atoms with van der Waals surface area (Å²) in [6.07, 6.45) is 0.268. The van der Waals surface area contributed by atoms with Crippen molar-refractivity contribution >= 4 is 47.4 Å². The molecule has 1 aliphatic heterocycles. The molecule has 0 radical (unpaired) electrons. The van der Waals surface area contributed by atoms with Crippen molar-refractivity contribution in [1.82, 2.24) is 15.7 Å². The van der Waals surface area contributed by atoms with Gasteiger partial charge in [0, 0.05) is 59.0 Å². The zero-order chi connectivity index (χ0) is 24.5. The maximum atomic E-state index is 12.8. The molecule has 1 heterocycles. The zero-order valence-corrected chi connectivity index (χ0v) is 20.1. The molecule has 9 nitrogen and oxygen atoms in total. The maximum Gasteiger partial charge on any atom is 0.254 e. The highest BCUT2D eigenvalue weighted by Gasteiger charge is 2.30. The molecule has 1 saturated heterocycles. The molecule has 34 heavy (non-hydrogen) atoms. The summed E-state index contributed by atoms with van der Waals surface area (Å²) in [5.41, 5.74) is 0.709. The average Bonchev–Trinajstić information content (AvgIpc) is 3.15. The zero-order valence-electron chi connectivity index (χ0n) is 18.5. The number of thioether (sulfide) groups is 1. The molecule has 0 bridgehead atoms. The summed E-state index contributed by atoms with van der Waals surface area (Å²) in [5, 5.41) is 16.1. The van der Waals surface area contributed by atoms with Crippen LogP contribution in [-0.4, -0.2) is 57.9 Å². The Bertz CT molecular complexity index is 1030. The largest absolute Gasteiger partial charge is 0.508 e. The lowest BCUT2D eigenvalue weighted by Gasteiger charge is -2.19. The first kappa shape index (κ1) is 25.6. The summed E-state index contributed by atoms with van der Waals surface area (Å²) in [7, 11) is 0. The van der Waals surface area contributed by atoms with E-state index in [4.69, 9.17) is 4.28 Å². The molecule has 11 heteroatoms. The van der Waals surface area contributed by atoms with Gasteiger partial charge in [0.25, 0.3) is 17.7 Å². The fourth-order valence-corrected chi connectivity index (χ4v) is 4.53. The lowest BCUT2D eigenvalue weighted by Crippen LogP contribution is -2.48. The van der Waals surface area contributed by atoms with Gasteiger partial charge >= 0.3 is 0 Å². The number of carbonyl (C=O) groups is 4. The number of benzene rings is 2. The fraction of sp³-hybridized carbons (Fsp3) is 0.304. The number of nitrogens with zero attached hydrogens (tertiary/aromatic N) is 1. The summed E-state index contributed by atoms with van der Waals surface area (Å²) in [5.74, 6) is -1.04. The van der Waals surface area contributed by atoms with Crippen molar-refractivity contribution in [2.75, 3.05) is 18.1 Å². The van der Waals surface area contributed by atoms with E-state index in [1.54, 1.807) is 19.1 Å². The number of phenols is 1. The van der Waals surface area contributed by atoms with Crippen LogP contribution in [0, 0.1) is 6.92 Å². The van der Waals surface area contributed by atoms with Gasteiger partial charge in [-0.15, -0.1) is 16.8 Å². The normalized spacial score (nSPS) is 14.2. The molecule has 180 valence electrons. The minimum Gasteiger partial charge on any atom is -0.508 e. The van der Waals surface area contributed by atoms with Gasteiger partial charge in [-0.25, -0.2) is 0 Å². The first-order valence-electron chi connectivity index (χ1n) is 10.6. The molecular formula is C23H25N3O6S2. The Morgan fingerprint density at radius 2 is 1.79 bits per heavy atom. The second-order valence-electron chi connectivity index (χ2n) is 7.37. The lowest BCUT2D eigenvalue weighted by molar-refractivity contribution is -0.161. The molecule has 1 fully saturated rings. The highest BCUT2D eigenvalue weighted by Crippen LogP contribution is 2.21. The molecule has 3 rings (SSSR count). The van der Waals surface area contributed by atoms with Crippen LogP contribution in [-0.2, 0) is 18.7 Å². The van der Waals surface area contributed by atoms with E-state index in [2.05, 4.69) is 10.6 Å². The number of hydrogen-bond donors (Lipinski definition) is 3. The van der Waals surface area contributed by atoms with Gasteiger partial charge in [-0.1, -0.05) is 24.3 Å². The minimum absolute atomic E-state index is 0.000646. The highest BCUT2D eigenvalue weighted by molar-refractivity contribution is 7.99. The second kappa shape index (κ2) is 12.4. The van der Waals surface area contributed by atoms with Crippen molar-refractivity contribution in [3.8, 4) is 5.75 Å². The fourth-order valence-electron chi connectivity index (χ4n) is 3.05. The smallest absolute Gasteiger partial charge is 0.254 e. The van der Waals surface area contributed by atoms with Crippen LogP contribution in [0.5, 0.6) is 5.75 Å². The van der Waals surface area contributed by atoms with Crippen molar-refractivity contribution in [1.29, 1.82) is 0 Å². The summed E-state index contributed by atoms with van der Waals surface area (Å²) in [4.78, 5) is 49.7. The first-order valence-corrected chi connectivity index (χ1v) is 12.5. The Balaban J connectivity index is 1.56. The number of imide groups is 1. The molecule has 0 aliphatic carbocycles. The average molecular weight is 504 g/mol. The quantitative estimate of drug-likeness (QED) is 0.185. The van der Waals surface area contributed by atoms with Crippen LogP contribution in [0.2, 0.25) is 0 Å². The SMILES string of the molecule is Cc1c(O)cccc1C(=O)N[C@@H](CSc1ccccc1)C(=O)NCCSON1C(=O)CCC1=O.